The van der Waals surface area contributed by atoms with Crippen LogP contribution in [0.5, 0.6) is 0 Å². The average Bonchev–Trinajstić information content (AvgIpc) is 2.56. The molecule has 2 aromatic carbocycles. The Morgan fingerprint density at radius 2 is 1.65 bits per heavy atom. The first-order valence-electron chi connectivity index (χ1n) is 8.53. The highest BCUT2D eigenvalue weighted by molar-refractivity contribution is 7.99. The normalized spacial score (nSPS) is 10.5. The average molecular weight is 372 g/mol. The summed E-state index contributed by atoms with van der Waals surface area (Å²) >= 11 is 1.58. The van der Waals surface area contributed by atoms with Crippen LogP contribution >= 0.6 is 11.8 Å². The number of hydrogen-bond donors (Lipinski definition) is 3. The topological polar surface area (TPSA) is 70.2 Å². The zero-order valence-corrected chi connectivity index (χ0v) is 16.2. The van der Waals surface area contributed by atoms with Crippen molar-refractivity contribution in [3.05, 3.63) is 59.7 Å². The molecule has 0 atom stereocenters. The van der Waals surface area contributed by atoms with Crippen molar-refractivity contribution in [1.82, 2.24) is 5.32 Å². The van der Waals surface area contributed by atoms with E-state index < -0.39 is 0 Å². The Bertz CT molecular complexity index is 745. The zero-order chi connectivity index (χ0) is 18.9. The van der Waals surface area contributed by atoms with Crippen molar-refractivity contribution in [2.45, 2.75) is 32.6 Å². The highest BCUT2D eigenvalue weighted by Gasteiger charge is 2.05. The van der Waals surface area contributed by atoms with E-state index in [9.17, 15) is 9.59 Å². The van der Waals surface area contributed by atoms with Gasteiger partial charge in [0.15, 0.2) is 0 Å². The molecule has 0 unspecified atom stereocenters. The van der Waals surface area contributed by atoms with Crippen molar-refractivity contribution in [1.29, 1.82) is 0 Å². The molecule has 0 aliphatic carbocycles. The van der Waals surface area contributed by atoms with E-state index in [0.29, 0.717) is 17.1 Å². The van der Waals surface area contributed by atoms with Gasteiger partial charge in [-0.1, -0.05) is 29.8 Å². The molecule has 0 saturated heterocycles. The number of benzene rings is 2. The van der Waals surface area contributed by atoms with Crippen LogP contribution in [-0.2, 0) is 10.5 Å². The molecule has 0 aliphatic rings. The first-order chi connectivity index (χ1) is 12.4. The van der Waals surface area contributed by atoms with Crippen LogP contribution < -0.4 is 16.0 Å². The lowest BCUT2D eigenvalue weighted by atomic mass is 10.2. The molecule has 26 heavy (non-hydrogen) atoms. The predicted molar refractivity (Wildman–Crippen MR) is 110 cm³/mol. The highest BCUT2D eigenvalue weighted by Crippen LogP contribution is 2.16. The summed E-state index contributed by atoms with van der Waals surface area (Å²) in [4.78, 5) is 23.7. The molecule has 3 N–H and O–H groups in total. The fraction of sp³-hybridized carbons (Fsp3) is 0.300. The van der Waals surface area contributed by atoms with Gasteiger partial charge in [0.2, 0.25) is 5.91 Å². The molecule has 5 nitrogen and oxygen atoms in total. The SMILES string of the molecule is Cc1cccc(CSCC(=O)Nc2ccc(NC(=O)NC(C)C)cc2)c1. The maximum atomic E-state index is 12.0. The van der Waals surface area contributed by atoms with Crippen LogP contribution in [0.3, 0.4) is 0 Å². The molecule has 2 aromatic rings. The summed E-state index contributed by atoms with van der Waals surface area (Å²) < 4.78 is 0. The third-order valence-corrected chi connectivity index (χ3v) is 4.43. The second-order valence-corrected chi connectivity index (χ2v) is 7.35. The van der Waals surface area contributed by atoms with E-state index in [0.717, 1.165) is 5.75 Å². The fourth-order valence-electron chi connectivity index (χ4n) is 2.33. The van der Waals surface area contributed by atoms with Gasteiger partial charge in [0.1, 0.15) is 0 Å². The number of carbonyl (C=O) groups is 2. The predicted octanol–water partition coefficient (Wildman–Crippen LogP) is 4.40. The summed E-state index contributed by atoms with van der Waals surface area (Å²) in [6, 6.07) is 15.2. The van der Waals surface area contributed by atoms with Gasteiger partial charge in [-0.05, 0) is 50.6 Å². The maximum Gasteiger partial charge on any atom is 0.319 e. The van der Waals surface area contributed by atoms with Crippen molar-refractivity contribution in [2.75, 3.05) is 16.4 Å². The summed E-state index contributed by atoms with van der Waals surface area (Å²) in [6.07, 6.45) is 0. The maximum absolute atomic E-state index is 12.0. The minimum Gasteiger partial charge on any atom is -0.336 e. The molecule has 0 fully saturated rings. The van der Waals surface area contributed by atoms with Gasteiger partial charge in [0.25, 0.3) is 0 Å². The van der Waals surface area contributed by atoms with Crippen LogP contribution in [0.2, 0.25) is 0 Å². The van der Waals surface area contributed by atoms with Crippen LogP contribution in [0.25, 0.3) is 0 Å². The van der Waals surface area contributed by atoms with E-state index in [1.54, 1.807) is 36.0 Å². The summed E-state index contributed by atoms with van der Waals surface area (Å²) in [5.74, 6) is 1.16. The monoisotopic (exact) mass is 371 g/mol. The Hall–Kier alpha value is -2.47. The van der Waals surface area contributed by atoms with E-state index in [-0.39, 0.29) is 18.0 Å². The summed E-state index contributed by atoms with van der Waals surface area (Å²) in [7, 11) is 0. The van der Waals surface area contributed by atoms with Gasteiger partial charge in [-0.3, -0.25) is 4.79 Å². The number of hydrogen-bond acceptors (Lipinski definition) is 3. The number of aryl methyl sites for hydroxylation is 1. The van der Waals surface area contributed by atoms with Gasteiger partial charge < -0.3 is 16.0 Å². The quantitative estimate of drug-likeness (QED) is 0.676. The first-order valence-corrected chi connectivity index (χ1v) is 9.68. The molecule has 0 aromatic heterocycles. The van der Waals surface area contributed by atoms with E-state index in [1.165, 1.54) is 11.1 Å². The molecule has 0 bridgehead atoms. The molecule has 138 valence electrons. The van der Waals surface area contributed by atoms with Gasteiger partial charge in [0, 0.05) is 23.2 Å². The molecule has 2 rings (SSSR count). The number of urea groups is 1. The van der Waals surface area contributed by atoms with Crippen molar-refractivity contribution in [3.63, 3.8) is 0 Å². The number of carbonyl (C=O) groups excluding carboxylic acids is 2. The van der Waals surface area contributed by atoms with Gasteiger partial charge in [-0.25, -0.2) is 4.79 Å². The molecule has 0 saturated carbocycles. The largest absolute Gasteiger partial charge is 0.336 e. The van der Waals surface area contributed by atoms with Gasteiger partial charge in [-0.2, -0.15) is 0 Å². The van der Waals surface area contributed by atoms with Crippen molar-refractivity contribution < 1.29 is 9.59 Å². The Labute approximate surface area is 159 Å². The molecule has 3 amide bonds. The minimum absolute atomic E-state index is 0.0408. The third-order valence-electron chi connectivity index (χ3n) is 3.43. The minimum atomic E-state index is -0.246. The van der Waals surface area contributed by atoms with Crippen LogP contribution in [0, 0.1) is 6.92 Å². The van der Waals surface area contributed by atoms with Crippen LogP contribution in [0.4, 0.5) is 16.2 Å². The number of thioether (sulfide) groups is 1. The summed E-state index contributed by atoms with van der Waals surface area (Å²) in [6.45, 7) is 5.86. The van der Waals surface area contributed by atoms with E-state index in [4.69, 9.17) is 0 Å². The second-order valence-electron chi connectivity index (χ2n) is 6.36. The first kappa shape index (κ1) is 19.8. The van der Waals surface area contributed by atoms with E-state index in [1.807, 2.05) is 19.9 Å². The molecular formula is C20H25N3O2S. The number of amides is 3. The lowest BCUT2D eigenvalue weighted by Crippen LogP contribution is -2.34. The van der Waals surface area contributed by atoms with Gasteiger partial charge >= 0.3 is 6.03 Å². The van der Waals surface area contributed by atoms with Crippen molar-refractivity contribution in [3.8, 4) is 0 Å². The summed E-state index contributed by atoms with van der Waals surface area (Å²) in [5.41, 5.74) is 3.83. The number of nitrogens with one attached hydrogen (secondary N) is 3. The van der Waals surface area contributed by atoms with E-state index >= 15 is 0 Å². The zero-order valence-electron chi connectivity index (χ0n) is 15.3. The molecule has 0 spiro atoms. The summed E-state index contributed by atoms with van der Waals surface area (Å²) in [5, 5.41) is 8.36. The van der Waals surface area contributed by atoms with Crippen LogP contribution in [0.15, 0.2) is 48.5 Å². The third kappa shape index (κ3) is 7.19. The lowest BCUT2D eigenvalue weighted by Gasteiger charge is -2.11. The highest BCUT2D eigenvalue weighted by atomic mass is 32.2. The van der Waals surface area contributed by atoms with Gasteiger partial charge in [0.05, 0.1) is 5.75 Å². The van der Waals surface area contributed by atoms with Crippen LogP contribution in [-0.4, -0.2) is 23.7 Å². The Morgan fingerprint density at radius 1 is 1.00 bits per heavy atom. The Balaban J connectivity index is 1.75. The number of rotatable bonds is 7. The van der Waals surface area contributed by atoms with E-state index in [2.05, 4.69) is 41.1 Å². The second kappa shape index (κ2) is 9.87. The smallest absolute Gasteiger partial charge is 0.319 e. The van der Waals surface area contributed by atoms with Crippen molar-refractivity contribution >= 4 is 35.1 Å². The number of anilines is 2. The molecule has 0 aliphatic heterocycles. The fourth-order valence-corrected chi connectivity index (χ4v) is 3.10. The Morgan fingerprint density at radius 3 is 2.27 bits per heavy atom. The molecule has 6 heteroatoms. The van der Waals surface area contributed by atoms with Gasteiger partial charge in [-0.15, -0.1) is 11.8 Å². The van der Waals surface area contributed by atoms with Crippen LogP contribution in [0.1, 0.15) is 25.0 Å². The van der Waals surface area contributed by atoms with Crippen molar-refractivity contribution in [2.24, 2.45) is 0 Å². The molecular weight excluding hydrogens is 346 g/mol. The molecule has 0 radical (unpaired) electrons. The Kier molecular flexibility index (Phi) is 7.53. The molecule has 0 heterocycles. The lowest BCUT2D eigenvalue weighted by molar-refractivity contribution is -0.113. The standard InChI is InChI=1S/C20H25N3O2S/c1-14(2)21-20(25)23-18-9-7-17(8-10-18)22-19(24)13-26-12-16-6-4-5-15(3)11-16/h4-11,14H,12-13H2,1-3H3,(H,22,24)(H2,21,23,25).